The van der Waals surface area contributed by atoms with E-state index in [4.69, 9.17) is 4.74 Å². The number of hydrogen-bond donors (Lipinski definition) is 1. The molecule has 10 heteroatoms. The molecule has 0 amide bonds. The number of nitrogens with zero attached hydrogens (tertiary/aromatic N) is 2. The van der Waals surface area contributed by atoms with Crippen LogP contribution in [0.1, 0.15) is 29.8 Å². The van der Waals surface area contributed by atoms with E-state index in [1.807, 2.05) is 0 Å². The van der Waals surface area contributed by atoms with Gasteiger partial charge in [0.2, 0.25) is 0 Å². The van der Waals surface area contributed by atoms with Crippen LogP contribution < -0.4 is 9.62 Å². The Balaban J connectivity index is 1.62. The number of anilines is 2. The normalized spacial score (nSPS) is 20.7. The fraction of sp³-hybridized carbons (Fsp3) is 0.360. The van der Waals surface area contributed by atoms with Crippen LogP contribution >= 0.6 is 0 Å². The van der Waals surface area contributed by atoms with Gasteiger partial charge in [-0.25, -0.2) is 17.5 Å². The van der Waals surface area contributed by atoms with E-state index in [0.717, 1.165) is 16.4 Å². The van der Waals surface area contributed by atoms with E-state index >= 15 is 0 Å². The maximum Gasteiger partial charge on any atom is 0.262 e. The number of nitrogens with one attached hydrogen (secondary N) is 1. The van der Waals surface area contributed by atoms with E-state index in [1.54, 1.807) is 50.0 Å². The number of ether oxygens (including phenoxy) is 1. The van der Waals surface area contributed by atoms with Gasteiger partial charge in [0.15, 0.2) is 17.5 Å². The van der Waals surface area contributed by atoms with Gasteiger partial charge in [-0.05, 0) is 44.2 Å². The van der Waals surface area contributed by atoms with Gasteiger partial charge in [-0.2, -0.15) is 0 Å². The summed E-state index contributed by atoms with van der Waals surface area (Å²) in [4.78, 5) is 14.9. The van der Waals surface area contributed by atoms with Crippen molar-refractivity contribution in [3.8, 4) is 0 Å². The average Bonchev–Trinajstić information content (AvgIpc) is 2.83. The Morgan fingerprint density at radius 1 is 1.17 bits per heavy atom. The minimum absolute atomic E-state index is 0.0718. The van der Waals surface area contributed by atoms with E-state index in [-0.39, 0.29) is 21.9 Å². The first-order valence-corrected chi connectivity index (χ1v) is 12.8. The minimum Gasteiger partial charge on any atom is -0.623 e. The predicted octanol–water partition coefficient (Wildman–Crippen LogP) is 3.50. The van der Waals surface area contributed by atoms with Crippen LogP contribution in [0.5, 0.6) is 0 Å². The van der Waals surface area contributed by atoms with Crippen molar-refractivity contribution in [2.75, 3.05) is 35.9 Å². The highest BCUT2D eigenvalue weighted by molar-refractivity contribution is 7.92. The lowest BCUT2D eigenvalue weighted by atomic mass is 9.88. The number of sulfonamides is 1. The van der Waals surface area contributed by atoms with Crippen molar-refractivity contribution in [1.82, 2.24) is 0 Å². The third-order valence-corrected chi connectivity index (χ3v) is 7.71. The highest BCUT2D eigenvalue weighted by Crippen LogP contribution is 2.29. The quantitative estimate of drug-likeness (QED) is 0.369. The van der Waals surface area contributed by atoms with Gasteiger partial charge in [-0.3, -0.25) is 9.52 Å². The largest absolute Gasteiger partial charge is 0.623 e. The molecular weight excluding hydrogens is 473 g/mol. The number of halogens is 1. The van der Waals surface area contributed by atoms with Gasteiger partial charge in [0.1, 0.15) is 11.7 Å². The lowest BCUT2D eigenvalue weighted by Gasteiger charge is -2.29. The van der Waals surface area contributed by atoms with Crippen LogP contribution in [-0.4, -0.2) is 57.0 Å². The molecule has 186 valence electrons. The highest BCUT2D eigenvalue weighted by atomic mass is 32.2. The first-order valence-electron chi connectivity index (χ1n) is 11.4. The molecular formula is C25H28FN3O5S. The van der Waals surface area contributed by atoms with Crippen LogP contribution in [0.25, 0.3) is 0 Å². The van der Waals surface area contributed by atoms with Gasteiger partial charge < -0.3 is 14.8 Å². The minimum atomic E-state index is -4.20. The van der Waals surface area contributed by atoms with Gasteiger partial charge in [0.25, 0.3) is 10.0 Å². The Hall–Kier alpha value is -3.24. The Bertz CT molecular complexity index is 1320. The molecule has 8 nitrogen and oxygen atoms in total. The van der Waals surface area contributed by atoms with Crippen molar-refractivity contribution in [2.24, 2.45) is 5.92 Å². The first kappa shape index (κ1) is 24.9. The van der Waals surface area contributed by atoms with Crippen LogP contribution in [0.15, 0.2) is 53.4 Å². The SMILES string of the molecule is CC1=[N+]([O-])C(C)C(C(=O)c2cc(C)ccc2NS(=O)(=O)c2ccc(N3CCOCC3)c(F)c2)C=C1. The number of carbonyl (C=O) groups excluding carboxylic acids is 1. The Morgan fingerprint density at radius 3 is 2.57 bits per heavy atom. The molecule has 0 radical (unpaired) electrons. The molecule has 0 aromatic heterocycles. The fourth-order valence-electron chi connectivity index (χ4n) is 4.30. The summed E-state index contributed by atoms with van der Waals surface area (Å²) in [5, 5.41) is 12.3. The summed E-state index contributed by atoms with van der Waals surface area (Å²) >= 11 is 0. The van der Waals surface area contributed by atoms with Gasteiger partial charge >= 0.3 is 0 Å². The van der Waals surface area contributed by atoms with E-state index in [9.17, 15) is 22.8 Å². The molecule has 1 saturated heterocycles. The molecule has 1 N–H and O–H groups in total. The summed E-state index contributed by atoms with van der Waals surface area (Å²) in [6.07, 6.45) is 3.26. The van der Waals surface area contributed by atoms with E-state index < -0.39 is 27.8 Å². The van der Waals surface area contributed by atoms with Crippen molar-refractivity contribution in [1.29, 1.82) is 0 Å². The Kier molecular flexibility index (Phi) is 6.95. The molecule has 1 fully saturated rings. The molecule has 35 heavy (non-hydrogen) atoms. The van der Waals surface area contributed by atoms with Crippen molar-refractivity contribution in [3.63, 3.8) is 0 Å². The van der Waals surface area contributed by atoms with E-state index in [0.29, 0.717) is 37.7 Å². The number of ketones is 1. The van der Waals surface area contributed by atoms with Crippen LogP contribution in [0, 0.1) is 23.9 Å². The first-order chi connectivity index (χ1) is 16.6. The molecule has 2 aliphatic rings. The summed E-state index contributed by atoms with van der Waals surface area (Å²) in [6.45, 7) is 7.08. The Labute approximate surface area is 204 Å². The van der Waals surface area contributed by atoms with Crippen LogP contribution in [-0.2, 0) is 14.8 Å². The summed E-state index contributed by atoms with van der Waals surface area (Å²) < 4.78 is 49.6. The van der Waals surface area contributed by atoms with Crippen molar-refractivity contribution in [2.45, 2.75) is 31.7 Å². The van der Waals surface area contributed by atoms with Gasteiger partial charge in [0.05, 0.1) is 29.5 Å². The van der Waals surface area contributed by atoms with Gasteiger partial charge in [-0.15, -0.1) is 0 Å². The smallest absolute Gasteiger partial charge is 0.262 e. The number of allylic oxidation sites excluding steroid dienone is 1. The lowest BCUT2D eigenvalue weighted by Crippen LogP contribution is -2.37. The highest BCUT2D eigenvalue weighted by Gasteiger charge is 2.34. The zero-order valence-electron chi connectivity index (χ0n) is 19.8. The molecule has 0 spiro atoms. The number of hydrogen-bond acceptors (Lipinski definition) is 6. The molecule has 0 saturated carbocycles. The number of rotatable bonds is 6. The van der Waals surface area contributed by atoms with E-state index in [1.165, 1.54) is 18.2 Å². The molecule has 2 heterocycles. The Morgan fingerprint density at radius 2 is 1.89 bits per heavy atom. The number of carbonyl (C=O) groups is 1. The average molecular weight is 502 g/mol. The molecule has 0 bridgehead atoms. The van der Waals surface area contributed by atoms with Gasteiger partial charge in [0, 0.05) is 31.7 Å². The second-order valence-electron chi connectivity index (χ2n) is 8.82. The summed E-state index contributed by atoms with van der Waals surface area (Å²) in [5.41, 5.74) is 1.78. The fourth-order valence-corrected chi connectivity index (χ4v) is 5.39. The number of benzene rings is 2. The maximum atomic E-state index is 14.8. The standard InChI is InChI=1S/C25H28FN3O5S/c1-16-4-8-23(21(14-16)25(30)20-7-5-17(2)29(31)18(20)3)27-35(32,33)19-6-9-24(22(26)15-19)28-10-12-34-13-11-28/h4-9,14-15,18,20,27H,10-13H2,1-3H3. The van der Waals surface area contributed by atoms with Crippen LogP contribution in [0.3, 0.4) is 0 Å². The zero-order valence-corrected chi connectivity index (χ0v) is 20.6. The molecule has 2 aromatic rings. The molecule has 2 aromatic carbocycles. The lowest BCUT2D eigenvalue weighted by molar-refractivity contribution is -0.502. The summed E-state index contributed by atoms with van der Waals surface area (Å²) in [5.74, 6) is -1.78. The molecule has 2 unspecified atom stereocenters. The third kappa shape index (κ3) is 5.08. The van der Waals surface area contributed by atoms with Crippen molar-refractivity contribution < 1.29 is 27.1 Å². The summed E-state index contributed by atoms with van der Waals surface area (Å²) in [6, 6.07) is 7.88. The topological polar surface area (TPSA) is 102 Å². The summed E-state index contributed by atoms with van der Waals surface area (Å²) in [7, 11) is -4.20. The number of Topliss-reactive ketones (excluding diaryl/α,β-unsaturated/α-hetero) is 1. The monoisotopic (exact) mass is 501 g/mol. The predicted molar refractivity (Wildman–Crippen MR) is 132 cm³/mol. The number of aryl methyl sites for hydroxylation is 1. The molecule has 4 rings (SSSR count). The second-order valence-corrected chi connectivity index (χ2v) is 10.5. The van der Waals surface area contributed by atoms with Crippen molar-refractivity contribution in [3.05, 3.63) is 70.7 Å². The van der Waals surface area contributed by atoms with Crippen molar-refractivity contribution >= 4 is 32.9 Å². The molecule has 0 aliphatic carbocycles. The van der Waals surface area contributed by atoms with Crippen LogP contribution in [0.4, 0.5) is 15.8 Å². The van der Waals surface area contributed by atoms with Gasteiger partial charge in [-0.1, -0.05) is 17.7 Å². The number of hydroxylamine groups is 1. The second kappa shape index (κ2) is 9.79. The zero-order chi connectivity index (χ0) is 25.3. The maximum absolute atomic E-state index is 14.8. The number of morpholine rings is 1. The molecule has 2 atom stereocenters. The van der Waals surface area contributed by atoms with E-state index in [2.05, 4.69) is 4.72 Å². The van der Waals surface area contributed by atoms with Crippen LogP contribution in [0.2, 0.25) is 0 Å². The molecule has 2 aliphatic heterocycles. The third-order valence-electron chi connectivity index (χ3n) is 6.35.